The monoisotopic (exact) mass is 564 g/mol. The lowest BCUT2D eigenvalue weighted by atomic mass is 9.89. The summed E-state index contributed by atoms with van der Waals surface area (Å²) in [5.74, 6) is 0. The molecule has 5 aromatic carbocycles. The number of rotatable bonds is 5. The Bertz CT molecular complexity index is 2010. The van der Waals surface area contributed by atoms with Crippen LogP contribution in [0.15, 0.2) is 119 Å². The number of hydrogen-bond donors (Lipinski definition) is 0. The molecule has 0 amide bonds. The fourth-order valence-corrected chi connectivity index (χ4v) is 5.44. The number of alkyl halides is 4. The van der Waals surface area contributed by atoms with Gasteiger partial charge in [0.05, 0.1) is 16.7 Å². The molecule has 0 spiro atoms. The second-order valence-corrected chi connectivity index (χ2v) is 9.81. The molecule has 0 aliphatic heterocycles. The highest BCUT2D eigenvalue weighted by atomic mass is 19.4. The molecule has 206 valence electrons. The zero-order valence-electron chi connectivity index (χ0n) is 21.8. The summed E-state index contributed by atoms with van der Waals surface area (Å²) in [6, 6.07) is 27.5. The molecule has 0 unspecified atom stereocenters. The van der Waals surface area contributed by atoms with Gasteiger partial charge in [-0.05, 0) is 51.1 Å². The van der Waals surface area contributed by atoms with E-state index < -0.39 is 18.4 Å². The van der Waals surface area contributed by atoms with Crippen LogP contribution >= 0.6 is 0 Å². The van der Waals surface area contributed by atoms with Gasteiger partial charge in [0.15, 0.2) is 24.0 Å². The van der Waals surface area contributed by atoms with E-state index in [0.29, 0.717) is 55.6 Å². The Hall–Kier alpha value is -5.24. The fraction of sp³-hybridized carbons (Fsp3) is 0.0588. The van der Waals surface area contributed by atoms with Crippen molar-refractivity contribution in [3.8, 4) is 44.5 Å². The summed E-state index contributed by atoms with van der Waals surface area (Å²) in [7, 11) is 0. The largest absolute Gasteiger partial charge is 0.443 e. The summed E-state index contributed by atoms with van der Waals surface area (Å²) in [5.41, 5.74) is 7.83. The Balaban J connectivity index is 1.46. The first-order valence-corrected chi connectivity index (χ1v) is 13.1. The lowest BCUT2D eigenvalue weighted by Crippen LogP contribution is -2.04. The molecule has 0 saturated heterocycles. The Morgan fingerprint density at radius 1 is 0.548 bits per heavy atom. The van der Waals surface area contributed by atoms with Crippen molar-refractivity contribution in [1.82, 2.24) is 9.97 Å². The molecule has 8 heteroatoms. The van der Waals surface area contributed by atoms with Crippen LogP contribution in [0.1, 0.15) is 11.1 Å². The average molecular weight is 565 g/mol. The van der Waals surface area contributed by atoms with Gasteiger partial charge in [0.1, 0.15) is 17.7 Å². The third-order valence-corrected chi connectivity index (χ3v) is 7.40. The highest BCUT2D eigenvalue weighted by molar-refractivity contribution is 6.18. The van der Waals surface area contributed by atoms with Crippen molar-refractivity contribution < 1.29 is 26.4 Å². The van der Waals surface area contributed by atoms with Crippen molar-refractivity contribution in [3.05, 3.63) is 121 Å². The van der Waals surface area contributed by atoms with Crippen molar-refractivity contribution >= 4 is 22.2 Å². The molecule has 0 saturated carbocycles. The number of benzene rings is 5. The van der Waals surface area contributed by atoms with Crippen LogP contribution in [0, 0.1) is 0 Å². The molecule has 0 aliphatic carbocycles. The van der Waals surface area contributed by atoms with Gasteiger partial charge in [-0.2, -0.15) is 13.2 Å². The van der Waals surface area contributed by atoms with Crippen molar-refractivity contribution in [2.24, 2.45) is 0 Å². The number of nitrogens with zero attached hydrogens (tertiary/aromatic N) is 2. The lowest BCUT2D eigenvalue weighted by molar-refractivity contribution is -0.137. The average Bonchev–Trinajstić information content (AvgIpc) is 3.70. The van der Waals surface area contributed by atoms with Gasteiger partial charge in [-0.1, -0.05) is 84.9 Å². The van der Waals surface area contributed by atoms with Crippen LogP contribution in [-0.4, -0.2) is 9.97 Å². The SMILES string of the molecule is FCc1ccc(-c2ccccc2-c2c3ncoc3c(-c3ccccc3-c3ccc(C(F)(F)F)cc3)c3ncoc23)cc1. The van der Waals surface area contributed by atoms with Gasteiger partial charge in [0.2, 0.25) is 0 Å². The quantitative estimate of drug-likeness (QED) is 0.195. The second-order valence-electron chi connectivity index (χ2n) is 9.81. The van der Waals surface area contributed by atoms with Crippen LogP contribution < -0.4 is 0 Å². The van der Waals surface area contributed by atoms with Gasteiger partial charge in [0, 0.05) is 0 Å². The zero-order chi connectivity index (χ0) is 28.8. The van der Waals surface area contributed by atoms with Gasteiger partial charge in [-0.25, -0.2) is 14.4 Å². The van der Waals surface area contributed by atoms with Crippen molar-refractivity contribution in [2.45, 2.75) is 12.9 Å². The number of aromatic nitrogens is 2. The van der Waals surface area contributed by atoms with Crippen LogP contribution in [0.4, 0.5) is 17.6 Å². The lowest BCUT2D eigenvalue weighted by Gasteiger charge is -2.15. The van der Waals surface area contributed by atoms with Gasteiger partial charge in [-0.15, -0.1) is 0 Å². The predicted molar refractivity (Wildman–Crippen MR) is 153 cm³/mol. The molecule has 0 radical (unpaired) electrons. The summed E-state index contributed by atoms with van der Waals surface area (Å²) in [5, 5.41) is 0. The van der Waals surface area contributed by atoms with E-state index in [4.69, 9.17) is 8.83 Å². The fourth-order valence-electron chi connectivity index (χ4n) is 5.44. The smallest absolute Gasteiger partial charge is 0.416 e. The third kappa shape index (κ3) is 4.23. The highest BCUT2D eigenvalue weighted by Crippen LogP contribution is 2.47. The third-order valence-electron chi connectivity index (χ3n) is 7.40. The first kappa shape index (κ1) is 25.7. The maximum atomic E-state index is 13.2. The minimum atomic E-state index is -4.43. The maximum absolute atomic E-state index is 13.2. The molecule has 0 N–H and O–H groups in total. The number of hydrogen-bond acceptors (Lipinski definition) is 4. The first-order chi connectivity index (χ1) is 20.4. The Labute approximate surface area is 236 Å². The Kier molecular flexibility index (Phi) is 6.12. The van der Waals surface area contributed by atoms with E-state index in [-0.39, 0.29) is 0 Å². The van der Waals surface area contributed by atoms with Gasteiger partial charge in [-0.3, -0.25) is 0 Å². The molecule has 7 rings (SSSR count). The Morgan fingerprint density at radius 2 is 0.976 bits per heavy atom. The van der Waals surface area contributed by atoms with E-state index in [0.717, 1.165) is 28.8 Å². The summed E-state index contributed by atoms with van der Waals surface area (Å²) in [6.07, 6.45) is -1.72. The molecule has 0 bridgehead atoms. The van der Waals surface area contributed by atoms with E-state index in [1.54, 1.807) is 12.1 Å². The van der Waals surface area contributed by atoms with Gasteiger partial charge >= 0.3 is 6.18 Å². The van der Waals surface area contributed by atoms with Crippen molar-refractivity contribution in [1.29, 1.82) is 0 Å². The molecular formula is C34H20F4N2O2. The first-order valence-electron chi connectivity index (χ1n) is 13.1. The standard InChI is InChI=1S/C34H20F4N2O2/c35-17-20-9-11-21(12-10-20)24-5-1-3-7-26(24)28-30-33(42-18-39-30)29(31-32(28)41-19-40-31)27-8-4-2-6-25(27)22-13-15-23(16-14-22)34(36,37)38/h1-16,18-19H,17H2. The minimum Gasteiger partial charge on any atom is -0.443 e. The predicted octanol–water partition coefficient (Wildman–Crippen LogP) is 10.1. The van der Waals surface area contributed by atoms with E-state index in [1.807, 2.05) is 60.7 Å². The van der Waals surface area contributed by atoms with Crippen molar-refractivity contribution in [3.63, 3.8) is 0 Å². The van der Waals surface area contributed by atoms with E-state index in [9.17, 15) is 17.6 Å². The van der Waals surface area contributed by atoms with Crippen LogP contribution in [0.2, 0.25) is 0 Å². The summed E-state index contributed by atoms with van der Waals surface area (Å²) in [4.78, 5) is 9.16. The molecule has 42 heavy (non-hydrogen) atoms. The zero-order valence-corrected chi connectivity index (χ0v) is 21.8. The molecular weight excluding hydrogens is 544 g/mol. The molecule has 0 aliphatic rings. The van der Waals surface area contributed by atoms with Crippen molar-refractivity contribution in [2.75, 3.05) is 0 Å². The Morgan fingerprint density at radius 3 is 1.40 bits per heavy atom. The van der Waals surface area contributed by atoms with E-state index in [2.05, 4.69) is 9.97 Å². The summed E-state index contributed by atoms with van der Waals surface area (Å²) >= 11 is 0. The minimum absolute atomic E-state index is 0.466. The normalized spacial score (nSPS) is 11.9. The highest BCUT2D eigenvalue weighted by Gasteiger charge is 2.30. The molecule has 7 aromatic rings. The number of oxazole rings is 2. The van der Waals surface area contributed by atoms with Crippen LogP contribution in [0.25, 0.3) is 66.7 Å². The van der Waals surface area contributed by atoms with Gasteiger partial charge < -0.3 is 8.83 Å². The number of halogens is 4. The molecule has 2 aromatic heterocycles. The molecule has 0 fully saturated rings. The summed E-state index contributed by atoms with van der Waals surface area (Å²) < 4.78 is 64.9. The maximum Gasteiger partial charge on any atom is 0.416 e. The van der Waals surface area contributed by atoms with Crippen LogP contribution in [0.3, 0.4) is 0 Å². The topological polar surface area (TPSA) is 52.1 Å². The summed E-state index contributed by atoms with van der Waals surface area (Å²) in [6.45, 7) is -0.546. The second kappa shape index (κ2) is 9.99. The van der Waals surface area contributed by atoms with Gasteiger partial charge in [0.25, 0.3) is 0 Å². The van der Waals surface area contributed by atoms with Crippen LogP contribution in [-0.2, 0) is 12.9 Å². The van der Waals surface area contributed by atoms with E-state index >= 15 is 0 Å². The molecule has 2 heterocycles. The molecule has 0 atom stereocenters. The number of fused-ring (bicyclic) bond motifs is 2. The van der Waals surface area contributed by atoms with E-state index in [1.165, 1.54) is 24.9 Å². The van der Waals surface area contributed by atoms with Crippen LogP contribution in [0.5, 0.6) is 0 Å². The molecule has 4 nitrogen and oxygen atoms in total.